The quantitative estimate of drug-likeness (QED) is 0.646. The Kier molecular flexibility index (Phi) is 4.48. The maximum atomic E-state index is 8.76. The van der Waals surface area contributed by atoms with E-state index < -0.39 is 8.07 Å². The van der Waals surface area contributed by atoms with E-state index in [9.17, 15) is 0 Å². The van der Waals surface area contributed by atoms with Gasteiger partial charge in [-0.05, 0) is 12.1 Å². The molecule has 0 heterocycles. The zero-order chi connectivity index (χ0) is 12.2. The molecule has 0 aliphatic heterocycles. The van der Waals surface area contributed by atoms with Crippen LogP contribution in [0.1, 0.15) is 5.56 Å². The molecule has 16 heavy (non-hydrogen) atoms. The van der Waals surface area contributed by atoms with Gasteiger partial charge < -0.3 is 9.68 Å². The van der Waals surface area contributed by atoms with E-state index in [2.05, 4.69) is 31.1 Å². The van der Waals surface area contributed by atoms with Gasteiger partial charge in [-0.2, -0.15) is 0 Å². The largest absolute Gasteiger partial charge is 0.538 e. The molecule has 0 unspecified atom stereocenters. The summed E-state index contributed by atoms with van der Waals surface area (Å²) in [5, 5.41) is 9.31. The molecule has 0 saturated carbocycles. The lowest BCUT2D eigenvalue weighted by molar-refractivity contribution is 0.453. The van der Waals surface area contributed by atoms with Crippen molar-refractivity contribution in [1.29, 1.82) is 0 Å². The first-order valence-electron chi connectivity index (χ1n) is 4.99. The minimum absolute atomic E-state index is 0.373. The van der Waals surface area contributed by atoms with Crippen molar-refractivity contribution in [2.24, 2.45) is 0 Å². The second kappa shape index (κ2) is 5.44. The zero-order valence-corrected chi connectivity index (χ0v) is 11.4. The van der Waals surface area contributed by atoms with Gasteiger partial charge in [0.15, 0.2) is 0 Å². The van der Waals surface area contributed by atoms with Crippen molar-refractivity contribution in [3.63, 3.8) is 0 Å². The molecule has 1 aromatic carbocycles. The van der Waals surface area contributed by atoms with Gasteiger partial charge in [0.2, 0.25) is 0 Å². The van der Waals surface area contributed by atoms with Crippen LogP contribution in [0.2, 0.25) is 24.7 Å². The summed E-state index contributed by atoms with van der Waals surface area (Å²) in [5.41, 5.74) is 3.87. The molecule has 0 aliphatic rings. The Morgan fingerprint density at radius 1 is 1.38 bits per heavy atom. The average Bonchev–Trinajstić information content (AvgIpc) is 2.15. The van der Waals surface area contributed by atoms with Gasteiger partial charge in [0.05, 0.1) is 10.6 Å². The van der Waals surface area contributed by atoms with Gasteiger partial charge in [0.1, 0.15) is 13.8 Å². The highest BCUT2D eigenvalue weighted by molar-refractivity contribution is 6.83. The molecule has 0 fully saturated rings. The second-order valence-electron chi connectivity index (χ2n) is 4.39. The minimum Gasteiger partial charge on any atom is -0.538 e. The Bertz CT molecular complexity index is 432. The van der Waals surface area contributed by atoms with Gasteiger partial charge in [-0.15, -0.1) is 5.54 Å². The molecule has 0 aromatic heterocycles. The highest BCUT2D eigenvalue weighted by Gasteiger charge is 2.10. The van der Waals surface area contributed by atoms with Crippen LogP contribution < -0.4 is 4.65 Å². The van der Waals surface area contributed by atoms with Crippen LogP contribution in [-0.2, 0) is 0 Å². The maximum Gasteiger partial charge on any atom is 0.504 e. The summed E-state index contributed by atoms with van der Waals surface area (Å²) >= 11 is 6.05. The number of rotatable bonds is 2. The summed E-state index contributed by atoms with van der Waals surface area (Å²) < 4.78 is 5.07. The lowest BCUT2D eigenvalue weighted by atomic mass is 10.2. The van der Waals surface area contributed by atoms with Crippen molar-refractivity contribution in [3.8, 4) is 17.2 Å². The molecule has 0 saturated heterocycles. The second-order valence-corrected chi connectivity index (χ2v) is 9.54. The Labute approximate surface area is 103 Å². The molecule has 0 atom stereocenters. The normalized spacial score (nSPS) is 10.3. The molecule has 0 radical (unpaired) electrons. The average molecular weight is 253 g/mol. The van der Waals surface area contributed by atoms with E-state index in [0.29, 0.717) is 16.3 Å². The number of benzene rings is 1. The third-order valence-corrected chi connectivity index (χ3v) is 2.95. The Balaban J connectivity index is 3.14. The lowest BCUT2D eigenvalue weighted by Crippen LogP contribution is -2.16. The SMILES string of the molecule is C[Si](C)(C)C#Cc1c(Cl)cccc1OBO. The van der Waals surface area contributed by atoms with E-state index in [-0.39, 0.29) is 7.69 Å². The van der Waals surface area contributed by atoms with Gasteiger partial charge in [0, 0.05) is 0 Å². The highest BCUT2D eigenvalue weighted by atomic mass is 35.5. The topological polar surface area (TPSA) is 29.5 Å². The standard InChI is InChI=1S/C11H14BClO2Si/c1-16(2,3)8-7-9-10(13)5-4-6-11(9)15-12-14/h4-6,12,14H,1-3H3. The Morgan fingerprint density at radius 2 is 2.06 bits per heavy atom. The minimum atomic E-state index is -1.45. The van der Waals surface area contributed by atoms with E-state index in [0.717, 1.165) is 0 Å². The first kappa shape index (κ1) is 13.2. The lowest BCUT2D eigenvalue weighted by Gasteiger charge is -2.08. The van der Waals surface area contributed by atoms with Crippen LogP contribution in [0.25, 0.3) is 0 Å². The molecule has 1 rings (SSSR count). The van der Waals surface area contributed by atoms with Crippen LogP contribution >= 0.6 is 11.6 Å². The molecule has 1 N–H and O–H groups in total. The van der Waals surface area contributed by atoms with Crippen molar-refractivity contribution in [1.82, 2.24) is 0 Å². The number of halogens is 1. The molecule has 1 aromatic rings. The molecular formula is C11H14BClO2Si. The van der Waals surface area contributed by atoms with E-state index in [1.54, 1.807) is 18.2 Å². The summed E-state index contributed by atoms with van der Waals surface area (Å²) in [6.45, 7) is 6.47. The fourth-order valence-electron chi connectivity index (χ4n) is 1.07. The summed E-state index contributed by atoms with van der Waals surface area (Å²) in [6, 6.07) is 5.28. The zero-order valence-electron chi connectivity index (χ0n) is 9.67. The molecule has 0 amide bonds. The summed E-state index contributed by atoms with van der Waals surface area (Å²) in [5.74, 6) is 3.58. The fraction of sp³-hybridized carbons (Fsp3) is 0.273. The summed E-state index contributed by atoms with van der Waals surface area (Å²) in [7, 11) is -1.82. The monoisotopic (exact) mass is 252 g/mol. The van der Waals surface area contributed by atoms with Crippen molar-refractivity contribution in [2.75, 3.05) is 0 Å². The molecule has 5 heteroatoms. The van der Waals surface area contributed by atoms with Crippen molar-refractivity contribution < 1.29 is 9.68 Å². The Hall–Kier alpha value is -0.888. The van der Waals surface area contributed by atoms with Crippen LogP contribution in [0.5, 0.6) is 5.75 Å². The van der Waals surface area contributed by atoms with Crippen molar-refractivity contribution in [2.45, 2.75) is 19.6 Å². The van der Waals surface area contributed by atoms with Crippen molar-refractivity contribution in [3.05, 3.63) is 28.8 Å². The maximum absolute atomic E-state index is 8.76. The molecule has 84 valence electrons. The van der Waals surface area contributed by atoms with E-state index in [4.69, 9.17) is 21.3 Å². The molecule has 0 aliphatic carbocycles. The fourth-order valence-corrected chi connectivity index (χ4v) is 1.78. The van der Waals surface area contributed by atoms with Gasteiger partial charge in [0.25, 0.3) is 0 Å². The van der Waals surface area contributed by atoms with Crippen LogP contribution in [-0.4, -0.2) is 20.8 Å². The van der Waals surface area contributed by atoms with E-state index in [1.165, 1.54) is 0 Å². The first-order chi connectivity index (χ1) is 7.44. The predicted molar refractivity (Wildman–Crippen MR) is 71.7 cm³/mol. The smallest absolute Gasteiger partial charge is 0.504 e. The highest BCUT2D eigenvalue weighted by Crippen LogP contribution is 2.25. The molecular weight excluding hydrogens is 238 g/mol. The summed E-state index contributed by atoms with van der Waals surface area (Å²) in [6.07, 6.45) is 0. The third-order valence-electron chi connectivity index (χ3n) is 1.76. The molecule has 0 spiro atoms. The summed E-state index contributed by atoms with van der Waals surface area (Å²) in [4.78, 5) is 0. The number of hydrogen-bond donors (Lipinski definition) is 1. The van der Waals surface area contributed by atoms with Gasteiger partial charge >= 0.3 is 7.69 Å². The van der Waals surface area contributed by atoms with Crippen LogP contribution in [0.4, 0.5) is 0 Å². The molecule has 2 nitrogen and oxygen atoms in total. The van der Waals surface area contributed by atoms with Crippen LogP contribution in [0.15, 0.2) is 18.2 Å². The van der Waals surface area contributed by atoms with E-state index in [1.807, 2.05) is 0 Å². The van der Waals surface area contributed by atoms with Gasteiger partial charge in [-0.1, -0.05) is 43.2 Å². The Morgan fingerprint density at radius 3 is 2.62 bits per heavy atom. The van der Waals surface area contributed by atoms with E-state index >= 15 is 0 Å². The third kappa shape index (κ3) is 3.93. The van der Waals surface area contributed by atoms with Crippen LogP contribution in [0, 0.1) is 11.5 Å². The predicted octanol–water partition coefficient (Wildman–Crippen LogP) is 2.21. The van der Waals surface area contributed by atoms with Gasteiger partial charge in [-0.3, -0.25) is 0 Å². The number of hydrogen-bond acceptors (Lipinski definition) is 2. The first-order valence-corrected chi connectivity index (χ1v) is 8.87. The molecule has 0 bridgehead atoms. The van der Waals surface area contributed by atoms with Crippen molar-refractivity contribution >= 4 is 27.4 Å². The van der Waals surface area contributed by atoms with Gasteiger partial charge in [-0.25, -0.2) is 0 Å². The van der Waals surface area contributed by atoms with Crippen LogP contribution in [0.3, 0.4) is 0 Å².